The van der Waals surface area contributed by atoms with Crippen LogP contribution in [0, 0.1) is 11.7 Å². The highest BCUT2D eigenvalue weighted by molar-refractivity contribution is 5.99. The zero-order valence-electron chi connectivity index (χ0n) is 20.3. The van der Waals surface area contributed by atoms with Gasteiger partial charge >= 0.3 is 0 Å². The monoisotopic (exact) mass is 478 g/mol. The minimum absolute atomic E-state index is 0.0770. The summed E-state index contributed by atoms with van der Waals surface area (Å²) in [6.07, 6.45) is 8.79. The molecule has 2 N–H and O–H groups in total. The fraction of sp³-hybridized carbons (Fsp3) is 0.571. The molecule has 6 rings (SSSR count). The molecule has 1 unspecified atom stereocenters. The molecule has 0 spiro atoms. The SMILES string of the molecule is O=C1c2ccc(-c3nccc(CN4CCC[C@H]5CCC[C@@H](O)[C@@H]54)c3F)cc2CN1C1CCCNC1. The zero-order chi connectivity index (χ0) is 23.9. The first-order valence-corrected chi connectivity index (χ1v) is 13.3. The zero-order valence-corrected chi connectivity index (χ0v) is 20.3. The highest BCUT2D eigenvalue weighted by Crippen LogP contribution is 2.37. The first-order chi connectivity index (χ1) is 17.1. The summed E-state index contributed by atoms with van der Waals surface area (Å²) in [6.45, 7) is 3.80. The summed E-state index contributed by atoms with van der Waals surface area (Å²) >= 11 is 0. The Morgan fingerprint density at radius 1 is 1.11 bits per heavy atom. The van der Waals surface area contributed by atoms with E-state index in [-0.39, 0.29) is 29.9 Å². The second kappa shape index (κ2) is 9.60. The standard InChI is InChI=1S/C28H35FN4O2/c29-25-20(16-32-13-3-5-18-4-1-7-24(34)27(18)32)10-12-31-26(25)19-8-9-23-21(14-19)17-33(28(23)35)22-6-2-11-30-15-22/h8-10,12,14,18,22,24,27,30,34H,1-7,11,13,15-17H2/t18-,22?,24-,27-/m1/s1. The van der Waals surface area contributed by atoms with Crippen molar-refractivity contribution < 1.29 is 14.3 Å². The maximum absolute atomic E-state index is 15.8. The van der Waals surface area contributed by atoms with Gasteiger partial charge in [0.15, 0.2) is 5.82 Å². The first kappa shape index (κ1) is 23.1. The molecule has 3 fully saturated rings. The average molecular weight is 479 g/mol. The molecule has 7 heteroatoms. The van der Waals surface area contributed by atoms with E-state index in [1.165, 1.54) is 0 Å². The summed E-state index contributed by atoms with van der Waals surface area (Å²) in [4.78, 5) is 21.7. The Morgan fingerprint density at radius 2 is 2.00 bits per heavy atom. The summed E-state index contributed by atoms with van der Waals surface area (Å²) < 4.78 is 15.8. The van der Waals surface area contributed by atoms with E-state index >= 15 is 4.39 Å². The molecule has 2 saturated heterocycles. The number of aromatic nitrogens is 1. The van der Waals surface area contributed by atoms with Crippen LogP contribution in [0.5, 0.6) is 0 Å². The number of piperidine rings is 2. The van der Waals surface area contributed by atoms with Gasteiger partial charge in [-0.05, 0) is 81.3 Å². The molecule has 1 saturated carbocycles. The van der Waals surface area contributed by atoms with Crippen molar-refractivity contribution in [1.82, 2.24) is 20.1 Å². The third kappa shape index (κ3) is 4.28. The average Bonchev–Trinajstić information content (AvgIpc) is 3.22. The summed E-state index contributed by atoms with van der Waals surface area (Å²) in [5.74, 6) is 0.291. The number of halogens is 1. The van der Waals surface area contributed by atoms with Gasteiger partial charge in [0.25, 0.3) is 5.91 Å². The Bertz CT molecular complexity index is 1100. The van der Waals surface area contributed by atoms with E-state index in [0.29, 0.717) is 35.8 Å². The first-order valence-electron chi connectivity index (χ1n) is 13.3. The largest absolute Gasteiger partial charge is 0.391 e. The van der Waals surface area contributed by atoms with E-state index in [9.17, 15) is 9.90 Å². The number of hydrogen-bond acceptors (Lipinski definition) is 5. The number of benzene rings is 1. The number of pyridine rings is 1. The molecule has 2 aromatic rings. The van der Waals surface area contributed by atoms with Gasteiger partial charge in [-0.2, -0.15) is 0 Å². The molecular weight excluding hydrogens is 443 g/mol. The van der Waals surface area contributed by atoms with Crippen LogP contribution in [0.15, 0.2) is 30.5 Å². The van der Waals surface area contributed by atoms with Crippen molar-refractivity contribution in [2.45, 2.75) is 76.2 Å². The van der Waals surface area contributed by atoms with Crippen molar-refractivity contribution in [2.75, 3.05) is 19.6 Å². The minimum atomic E-state index is -0.324. The van der Waals surface area contributed by atoms with Gasteiger partial charge in [-0.3, -0.25) is 14.7 Å². The number of hydrogen-bond donors (Lipinski definition) is 2. The molecular formula is C28H35FN4O2. The molecule has 0 radical (unpaired) electrons. The van der Waals surface area contributed by atoms with E-state index in [0.717, 1.165) is 75.7 Å². The van der Waals surface area contributed by atoms with Crippen LogP contribution in [0.2, 0.25) is 0 Å². The van der Waals surface area contributed by atoms with Gasteiger partial charge in [-0.1, -0.05) is 12.5 Å². The van der Waals surface area contributed by atoms with Crippen LogP contribution < -0.4 is 5.32 Å². The Hall–Kier alpha value is -2.35. The number of likely N-dealkylation sites (tertiary alicyclic amines) is 1. The summed E-state index contributed by atoms with van der Waals surface area (Å²) in [5, 5.41) is 14.1. The molecule has 3 aliphatic heterocycles. The van der Waals surface area contributed by atoms with Gasteiger partial charge < -0.3 is 15.3 Å². The smallest absolute Gasteiger partial charge is 0.254 e. The van der Waals surface area contributed by atoms with E-state index in [2.05, 4.69) is 15.2 Å². The lowest BCUT2D eigenvalue weighted by atomic mass is 9.76. The van der Waals surface area contributed by atoms with Crippen LogP contribution in [-0.4, -0.2) is 63.6 Å². The van der Waals surface area contributed by atoms with Crippen molar-refractivity contribution in [3.05, 3.63) is 53.0 Å². The van der Waals surface area contributed by atoms with E-state index in [1.54, 1.807) is 12.3 Å². The Morgan fingerprint density at radius 3 is 2.86 bits per heavy atom. The third-order valence-corrected chi connectivity index (χ3v) is 8.66. The number of aliphatic hydroxyl groups is 1. The lowest BCUT2D eigenvalue weighted by Crippen LogP contribution is -2.53. The van der Waals surface area contributed by atoms with Crippen molar-refractivity contribution in [2.24, 2.45) is 5.92 Å². The number of rotatable bonds is 4. The van der Waals surface area contributed by atoms with Crippen molar-refractivity contribution in [3.8, 4) is 11.3 Å². The maximum atomic E-state index is 15.8. The molecule has 1 aromatic heterocycles. The van der Waals surface area contributed by atoms with Gasteiger partial charge in [-0.15, -0.1) is 0 Å². The normalized spacial score (nSPS) is 29.2. The molecule has 186 valence electrons. The highest BCUT2D eigenvalue weighted by atomic mass is 19.1. The quantitative estimate of drug-likeness (QED) is 0.701. The van der Waals surface area contributed by atoms with Crippen molar-refractivity contribution >= 4 is 5.91 Å². The molecule has 4 heterocycles. The Labute approximate surface area is 206 Å². The number of carbonyl (C=O) groups is 1. The van der Waals surface area contributed by atoms with Crippen LogP contribution in [0.3, 0.4) is 0 Å². The molecule has 0 bridgehead atoms. The Balaban J connectivity index is 1.24. The highest BCUT2D eigenvalue weighted by Gasteiger charge is 2.39. The number of carbonyl (C=O) groups excluding carboxylic acids is 1. The van der Waals surface area contributed by atoms with Crippen LogP contribution in [0.4, 0.5) is 4.39 Å². The molecule has 4 atom stereocenters. The maximum Gasteiger partial charge on any atom is 0.254 e. The lowest BCUT2D eigenvalue weighted by Gasteiger charge is -2.46. The predicted octanol–water partition coefficient (Wildman–Crippen LogP) is 3.72. The van der Waals surface area contributed by atoms with E-state index in [1.807, 2.05) is 23.1 Å². The van der Waals surface area contributed by atoms with Gasteiger partial charge in [0.05, 0.1) is 6.10 Å². The van der Waals surface area contributed by atoms with Gasteiger partial charge in [0.1, 0.15) is 5.69 Å². The van der Waals surface area contributed by atoms with Crippen LogP contribution in [-0.2, 0) is 13.1 Å². The molecule has 35 heavy (non-hydrogen) atoms. The molecule has 6 nitrogen and oxygen atoms in total. The Kier molecular flexibility index (Phi) is 6.33. The molecule has 1 aliphatic carbocycles. The molecule has 1 aromatic carbocycles. The number of aliphatic hydroxyl groups excluding tert-OH is 1. The van der Waals surface area contributed by atoms with Gasteiger partial charge in [0.2, 0.25) is 0 Å². The topological polar surface area (TPSA) is 68.7 Å². The molecule has 1 amide bonds. The van der Waals surface area contributed by atoms with Gasteiger partial charge in [-0.25, -0.2) is 4.39 Å². The minimum Gasteiger partial charge on any atom is -0.391 e. The third-order valence-electron chi connectivity index (χ3n) is 8.66. The van der Waals surface area contributed by atoms with Crippen LogP contribution in [0.25, 0.3) is 11.3 Å². The second-order valence-electron chi connectivity index (χ2n) is 10.8. The summed E-state index contributed by atoms with van der Waals surface area (Å²) in [6, 6.07) is 7.72. The predicted molar refractivity (Wildman–Crippen MR) is 132 cm³/mol. The fourth-order valence-electron chi connectivity index (χ4n) is 6.90. The number of fused-ring (bicyclic) bond motifs is 2. The van der Waals surface area contributed by atoms with Crippen molar-refractivity contribution in [3.63, 3.8) is 0 Å². The second-order valence-corrected chi connectivity index (χ2v) is 10.8. The van der Waals surface area contributed by atoms with Crippen LogP contribution >= 0.6 is 0 Å². The fourth-order valence-corrected chi connectivity index (χ4v) is 6.90. The molecule has 4 aliphatic rings. The number of nitrogens with zero attached hydrogens (tertiary/aromatic N) is 3. The van der Waals surface area contributed by atoms with Crippen molar-refractivity contribution in [1.29, 1.82) is 0 Å². The number of nitrogens with one attached hydrogen (secondary N) is 1. The number of amides is 1. The van der Waals surface area contributed by atoms with Crippen LogP contribution in [0.1, 0.15) is 66.4 Å². The van der Waals surface area contributed by atoms with E-state index in [4.69, 9.17) is 0 Å². The van der Waals surface area contributed by atoms with E-state index < -0.39 is 0 Å². The van der Waals surface area contributed by atoms with Gasteiger partial charge in [0, 0.05) is 54.6 Å². The summed E-state index contributed by atoms with van der Waals surface area (Å²) in [5.41, 5.74) is 3.36. The summed E-state index contributed by atoms with van der Waals surface area (Å²) in [7, 11) is 0. The lowest BCUT2D eigenvalue weighted by molar-refractivity contribution is -0.0403.